The summed E-state index contributed by atoms with van der Waals surface area (Å²) < 4.78 is 96.8. The van der Waals surface area contributed by atoms with E-state index in [9.17, 15) is 26.0 Å². The Morgan fingerprint density at radius 2 is 1.26 bits per heavy atom. The van der Waals surface area contributed by atoms with Crippen molar-refractivity contribution < 1.29 is 40.2 Å². The van der Waals surface area contributed by atoms with Crippen LogP contribution in [-0.2, 0) is 10.0 Å². The number of halogens is 4. The largest absolute Gasteiger partial charge is 0.496 e. The lowest BCUT2D eigenvalue weighted by molar-refractivity contribution is 0.322. The molecule has 2 aromatic carbocycles. The first-order valence-electron chi connectivity index (χ1n) is 7.24. The quantitative estimate of drug-likeness (QED) is 0.585. The maximum Gasteiger partial charge on any atom is 0.267 e. The van der Waals surface area contributed by atoms with E-state index in [-0.39, 0.29) is 17.2 Å². The van der Waals surface area contributed by atoms with Gasteiger partial charge in [0.15, 0.2) is 22.3 Å². The predicted octanol–water partition coefficient (Wildman–Crippen LogP) is 3.38. The van der Waals surface area contributed by atoms with Gasteiger partial charge < -0.3 is 14.2 Å². The van der Waals surface area contributed by atoms with Crippen LogP contribution >= 0.6 is 0 Å². The summed E-state index contributed by atoms with van der Waals surface area (Å²) in [5.41, 5.74) is 0.326. The summed E-state index contributed by atoms with van der Waals surface area (Å²) >= 11 is 0. The second-order valence-corrected chi connectivity index (χ2v) is 6.85. The molecule has 0 amide bonds. The van der Waals surface area contributed by atoms with Crippen molar-refractivity contribution in [2.45, 2.75) is 11.8 Å². The Bertz CT molecular complexity index is 941. The van der Waals surface area contributed by atoms with Crippen molar-refractivity contribution >= 4 is 15.7 Å². The summed E-state index contributed by atoms with van der Waals surface area (Å²) in [7, 11) is -1.65. The fourth-order valence-corrected chi connectivity index (χ4v) is 3.54. The third-order valence-electron chi connectivity index (χ3n) is 3.66. The van der Waals surface area contributed by atoms with Crippen molar-refractivity contribution in [3.8, 4) is 17.2 Å². The summed E-state index contributed by atoms with van der Waals surface area (Å²) in [4.78, 5) is -1.82. The van der Waals surface area contributed by atoms with Crippen LogP contribution in [0, 0.1) is 30.2 Å². The Hall–Kier alpha value is -2.69. The van der Waals surface area contributed by atoms with Gasteiger partial charge in [0, 0.05) is 17.7 Å². The van der Waals surface area contributed by atoms with E-state index in [0.717, 1.165) is 7.11 Å². The van der Waals surface area contributed by atoms with Gasteiger partial charge in [-0.2, -0.15) is 8.78 Å². The van der Waals surface area contributed by atoms with E-state index in [0.29, 0.717) is 5.56 Å². The fourth-order valence-electron chi connectivity index (χ4n) is 2.36. The monoisotopic (exact) mass is 409 g/mol. The molecule has 0 radical (unpaired) electrons. The van der Waals surface area contributed by atoms with Gasteiger partial charge in [-0.15, -0.1) is 0 Å². The lowest BCUT2D eigenvalue weighted by Gasteiger charge is -2.15. The SMILES string of the molecule is COc1cc(NS(=O)(=O)c2c(F)c(F)c(OC)c(F)c2F)cc(OC)c1C. The van der Waals surface area contributed by atoms with E-state index >= 15 is 0 Å². The first kappa shape index (κ1) is 20.6. The zero-order chi connectivity index (χ0) is 20.5. The Morgan fingerprint density at radius 3 is 1.63 bits per heavy atom. The summed E-state index contributed by atoms with van der Waals surface area (Å²) in [5, 5.41) is 0. The molecular formula is C16H15F4NO5S. The topological polar surface area (TPSA) is 73.9 Å². The van der Waals surface area contributed by atoms with Crippen LogP contribution in [0.2, 0.25) is 0 Å². The van der Waals surface area contributed by atoms with Gasteiger partial charge in [0.05, 0.1) is 27.0 Å². The molecular weight excluding hydrogens is 394 g/mol. The molecule has 27 heavy (non-hydrogen) atoms. The number of ether oxygens (including phenoxy) is 3. The first-order valence-corrected chi connectivity index (χ1v) is 8.72. The van der Waals surface area contributed by atoms with Crippen molar-refractivity contribution in [3.63, 3.8) is 0 Å². The standard InChI is InChI=1S/C16H15F4NO5S/c1-7-9(24-2)5-8(6-10(7)25-3)21-27(22,23)16-13(19)11(17)15(26-4)12(18)14(16)20/h5-6,21H,1-4H3. The molecule has 148 valence electrons. The summed E-state index contributed by atoms with van der Waals surface area (Å²) in [5.74, 6) is -9.15. The molecule has 0 bridgehead atoms. The van der Waals surface area contributed by atoms with Gasteiger partial charge in [-0.1, -0.05) is 0 Å². The lowest BCUT2D eigenvalue weighted by Crippen LogP contribution is -2.19. The van der Waals surface area contributed by atoms with E-state index in [1.807, 2.05) is 4.72 Å². The van der Waals surface area contributed by atoms with E-state index in [1.54, 1.807) is 6.92 Å². The van der Waals surface area contributed by atoms with Crippen molar-refractivity contribution in [2.24, 2.45) is 0 Å². The Kier molecular flexibility index (Phi) is 5.73. The van der Waals surface area contributed by atoms with Gasteiger partial charge in [-0.05, 0) is 6.92 Å². The smallest absolute Gasteiger partial charge is 0.267 e. The molecule has 0 atom stereocenters. The minimum absolute atomic E-state index is 0.204. The Morgan fingerprint density at radius 1 is 0.815 bits per heavy atom. The minimum atomic E-state index is -5.05. The lowest BCUT2D eigenvalue weighted by atomic mass is 10.2. The van der Waals surface area contributed by atoms with Gasteiger partial charge >= 0.3 is 0 Å². The van der Waals surface area contributed by atoms with Gasteiger partial charge in [-0.3, -0.25) is 4.72 Å². The second kappa shape index (κ2) is 7.51. The van der Waals surface area contributed by atoms with Crippen molar-refractivity contribution in [1.82, 2.24) is 0 Å². The molecule has 1 N–H and O–H groups in total. The maximum absolute atomic E-state index is 14.1. The van der Waals surface area contributed by atoms with Gasteiger partial charge in [0.2, 0.25) is 11.6 Å². The average molecular weight is 409 g/mol. The summed E-state index contributed by atoms with van der Waals surface area (Å²) in [6, 6.07) is 2.42. The normalized spacial score (nSPS) is 11.3. The van der Waals surface area contributed by atoms with Crippen molar-refractivity contribution in [1.29, 1.82) is 0 Å². The molecule has 0 aliphatic rings. The number of hydrogen-bond acceptors (Lipinski definition) is 5. The van der Waals surface area contributed by atoms with Crippen molar-refractivity contribution in [2.75, 3.05) is 26.1 Å². The molecule has 11 heteroatoms. The van der Waals surface area contributed by atoms with Crippen LogP contribution < -0.4 is 18.9 Å². The number of sulfonamides is 1. The molecule has 0 unspecified atom stereocenters. The van der Waals surface area contributed by atoms with Crippen LogP contribution in [-0.4, -0.2) is 29.7 Å². The number of anilines is 1. The van der Waals surface area contributed by atoms with Crippen LogP contribution in [0.25, 0.3) is 0 Å². The van der Waals surface area contributed by atoms with E-state index < -0.39 is 43.9 Å². The van der Waals surface area contributed by atoms with Gasteiger partial charge in [-0.25, -0.2) is 17.2 Å². The summed E-state index contributed by atoms with van der Waals surface area (Å²) in [6.07, 6.45) is 0. The molecule has 0 saturated heterocycles. The highest BCUT2D eigenvalue weighted by Gasteiger charge is 2.34. The van der Waals surface area contributed by atoms with E-state index in [1.165, 1.54) is 26.4 Å². The van der Waals surface area contributed by atoms with Crippen molar-refractivity contribution in [3.05, 3.63) is 41.0 Å². The molecule has 0 aliphatic heterocycles. The zero-order valence-electron chi connectivity index (χ0n) is 14.6. The number of methoxy groups -OCH3 is 3. The highest BCUT2D eigenvalue weighted by Crippen LogP contribution is 2.35. The van der Waals surface area contributed by atoms with Gasteiger partial charge in [0.1, 0.15) is 11.5 Å². The average Bonchev–Trinajstić information content (AvgIpc) is 2.61. The molecule has 6 nitrogen and oxygen atoms in total. The van der Waals surface area contributed by atoms with Crippen LogP contribution in [0.1, 0.15) is 5.56 Å². The third-order valence-corrected chi connectivity index (χ3v) is 5.06. The minimum Gasteiger partial charge on any atom is -0.496 e. The molecule has 0 saturated carbocycles. The predicted molar refractivity (Wildman–Crippen MR) is 87.9 cm³/mol. The second-order valence-electron chi connectivity index (χ2n) is 5.23. The Labute approximate surface area is 152 Å². The molecule has 2 rings (SSSR count). The highest BCUT2D eigenvalue weighted by atomic mass is 32.2. The molecule has 0 spiro atoms. The van der Waals surface area contributed by atoms with Crippen LogP contribution in [0.15, 0.2) is 17.0 Å². The van der Waals surface area contributed by atoms with Gasteiger partial charge in [0.25, 0.3) is 10.0 Å². The zero-order valence-corrected chi connectivity index (χ0v) is 15.4. The fraction of sp³-hybridized carbons (Fsp3) is 0.250. The van der Waals surface area contributed by atoms with Crippen LogP contribution in [0.3, 0.4) is 0 Å². The van der Waals surface area contributed by atoms with E-state index in [4.69, 9.17) is 9.47 Å². The summed E-state index contributed by atoms with van der Waals surface area (Å²) in [6.45, 7) is 1.63. The first-order chi connectivity index (χ1) is 12.6. The molecule has 0 aromatic heterocycles. The molecule has 2 aromatic rings. The number of hydrogen-bond donors (Lipinski definition) is 1. The molecule has 0 aliphatic carbocycles. The highest BCUT2D eigenvalue weighted by molar-refractivity contribution is 7.92. The molecule has 0 fully saturated rings. The maximum atomic E-state index is 14.1. The number of rotatable bonds is 6. The van der Waals surface area contributed by atoms with E-state index in [2.05, 4.69) is 4.74 Å². The molecule has 0 heterocycles. The number of nitrogens with one attached hydrogen (secondary N) is 1. The van der Waals surface area contributed by atoms with Crippen LogP contribution in [0.4, 0.5) is 23.2 Å². The van der Waals surface area contributed by atoms with Crippen LogP contribution in [0.5, 0.6) is 17.2 Å². The Balaban J connectivity index is 2.62. The third kappa shape index (κ3) is 3.59. The number of benzene rings is 2.